The maximum absolute atomic E-state index is 11.8. The Kier molecular flexibility index (Phi) is 4.99. The van der Waals surface area contributed by atoms with Gasteiger partial charge in [0.05, 0.1) is 6.10 Å². The summed E-state index contributed by atoms with van der Waals surface area (Å²) in [6, 6.07) is 0. The number of rotatable bonds is 5. The van der Waals surface area contributed by atoms with Crippen molar-refractivity contribution in [3.63, 3.8) is 0 Å². The summed E-state index contributed by atoms with van der Waals surface area (Å²) in [6.07, 6.45) is 3.51. The van der Waals surface area contributed by atoms with E-state index in [0.717, 1.165) is 6.08 Å². The Hall–Kier alpha value is -2.44. The number of aldehydes is 1. The predicted molar refractivity (Wildman–Crippen MR) is 66.6 cm³/mol. The van der Waals surface area contributed by atoms with Crippen molar-refractivity contribution in [3.8, 4) is 0 Å². The van der Waals surface area contributed by atoms with Crippen LogP contribution in [0, 0.1) is 15.7 Å². The Morgan fingerprint density at radius 2 is 2.05 bits per heavy atom. The van der Waals surface area contributed by atoms with Gasteiger partial charge in [-0.25, -0.2) is 0 Å². The highest BCUT2D eigenvalue weighted by Gasteiger charge is 2.26. The molecule has 0 aromatic heterocycles. The molecule has 0 spiro atoms. The molecule has 0 bridgehead atoms. The summed E-state index contributed by atoms with van der Waals surface area (Å²) in [5.41, 5.74) is -0.487. The van der Waals surface area contributed by atoms with Crippen molar-refractivity contribution in [2.75, 3.05) is 0 Å². The molecule has 0 heterocycles. The molecular formula is C12H12N2O5. The fourth-order valence-corrected chi connectivity index (χ4v) is 1.47. The van der Waals surface area contributed by atoms with E-state index in [1.165, 1.54) is 12.2 Å². The van der Waals surface area contributed by atoms with E-state index < -0.39 is 11.9 Å². The summed E-state index contributed by atoms with van der Waals surface area (Å²) in [7, 11) is 0. The fraction of sp³-hybridized carbons (Fsp3) is 0.333. The van der Waals surface area contributed by atoms with Crippen LogP contribution in [0.2, 0.25) is 0 Å². The lowest BCUT2D eigenvalue weighted by Gasteiger charge is -2.13. The van der Waals surface area contributed by atoms with Gasteiger partial charge < -0.3 is 4.74 Å². The number of carbonyl (C=O) groups excluding carboxylic acids is 2. The molecule has 7 heteroatoms. The second-order valence-electron chi connectivity index (χ2n) is 4.03. The van der Waals surface area contributed by atoms with Gasteiger partial charge in [-0.05, 0) is 36.4 Å². The molecule has 1 aliphatic carbocycles. The molecule has 1 atom stereocenters. The lowest BCUT2D eigenvalue weighted by molar-refractivity contribution is -0.149. The first-order valence-electron chi connectivity index (χ1n) is 5.50. The number of ether oxygens (including phenoxy) is 1. The van der Waals surface area contributed by atoms with E-state index in [-0.39, 0.29) is 23.1 Å². The molecule has 0 aromatic carbocycles. The quantitative estimate of drug-likeness (QED) is 0.429. The number of carbonyl (C=O) groups is 2. The second-order valence-corrected chi connectivity index (χ2v) is 4.03. The fourth-order valence-electron chi connectivity index (χ4n) is 1.47. The van der Waals surface area contributed by atoms with Gasteiger partial charge in [0.25, 0.3) is 0 Å². The van der Waals surface area contributed by atoms with Gasteiger partial charge in [0.2, 0.25) is 0 Å². The van der Waals surface area contributed by atoms with Crippen molar-refractivity contribution < 1.29 is 14.3 Å². The monoisotopic (exact) mass is 264 g/mol. The maximum atomic E-state index is 11.8. The van der Waals surface area contributed by atoms with Crippen LogP contribution in [0.25, 0.3) is 0 Å². The van der Waals surface area contributed by atoms with Crippen LogP contribution in [-0.4, -0.2) is 18.4 Å². The molecule has 0 aliphatic heterocycles. The van der Waals surface area contributed by atoms with Gasteiger partial charge in [-0.1, -0.05) is 6.08 Å². The van der Waals surface area contributed by atoms with E-state index >= 15 is 0 Å². The van der Waals surface area contributed by atoms with E-state index in [4.69, 9.17) is 4.74 Å². The molecule has 7 nitrogen and oxygen atoms in total. The van der Waals surface area contributed by atoms with Crippen molar-refractivity contribution in [1.29, 1.82) is 0 Å². The second kappa shape index (κ2) is 6.48. The number of allylic oxidation sites excluding steroid dienone is 3. The zero-order valence-corrected chi connectivity index (χ0v) is 10.4. The van der Waals surface area contributed by atoms with Crippen LogP contribution in [0.1, 0.15) is 13.8 Å². The van der Waals surface area contributed by atoms with Gasteiger partial charge in [-0.3, -0.25) is 9.59 Å². The van der Waals surface area contributed by atoms with Crippen LogP contribution in [0.3, 0.4) is 0 Å². The van der Waals surface area contributed by atoms with Crippen LogP contribution < -0.4 is 0 Å². The Balaban J connectivity index is 3.18. The third-order valence-corrected chi connectivity index (χ3v) is 2.30. The van der Waals surface area contributed by atoms with Crippen molar-refractivity contribution >= 4 is 12.3 Å². The van der Waals surface area contributed by atoms with Gasteiger partial charge in [0, 0.05) is 5.57 Å². The molecule has 1 aliphatic rings. The number of nitrogens with zero attached hydrogens (tertiary/aromatic N) is 2. The third kappa shape index (κ3) is 3.51. The number of hydrogen-bond acceptors (Lipinski definition) is 7. The van der Waals surface area contributed by atoms with Crippen LogP contribution in [0.15, 0.2) is 45.5 Å². The SMILES string of the molecule is CC(C)OC(=O)C1C=CC(N=O)=C(C=O)C=C1N=O. The number of nitroso groups, excluding NO2 is 2. The van der Waals surface area contributed by atoms with Gasteiger partial charge >= 0.3 is 5.97 Å². The van der Waals surface area contributed by atoms with E-state index in [1.54, 1.807) is 13.8 Å². The lowest BCUT2D eigenvalue weighted by Crippen LogP contribution is -2.20. The highest BCUT2D eigenvalue weighted by atomic mass is 16.5. The van der Waals surface area contributed by atoms with Gasteiger partial charge in [-0.15, -0.1) is 9.81 Å². The molecule has 100 valence electrons. The largest absolute Gasteiger partial charge is 0.462 e. The van der Waals surface area contributed by atoms with Crippen molar-refractivity contribution in [3.05, 3.63) is 45.0 Å². The minimum Gasteiger partial charge on any atom is -0.462 e. The first-order valence-corrected chi connectivity index (χ1v) is 5.50. The molecule has 0 aromatic rings. The zero-order valence-electron chi connectivity index (χ0n) is 10.4. The Labute approximate surface area is 109 Å². The van der Waals surface area contributed by atoms with E-state index in [9.17, 15) is 19.4 Å². The van der Waals surface area contributed by atoms with E-state index in [1.807, 2.05) is 0 Å². The standard InChI is InChI=1S/C12H12N2O5/c1-7(2)19-12(16)9-3-4-10(13-17)8(6-15)5-11(9)14-18/h3-7,9H,1-2H3. The molecular weight excluding hydrogens is 252 g/mol. The predicted octanol–water partition coefficient (Wildman–Crippen LogP) is 1.99. The van der Waals surface area contributed by atoms with E-state index in [0.29, 0.717) is 6.29 Å². The average Bonchev–Trinajstić information content (AvgIpc) is 2.55. The van der Waals surface area contributed by atoms with E-state index in [2.05, 4.69) is 10.4 Å². The summed E-state index contributed by atoms with van der Waals surface area (Å²) in [5, 5.41) is 5.36. The van der Waals surface area contributed by atoms with Gasteiger partial charge in [0.1, 0.15) is 17.3 Å². The lowest BCUT2D eigenvalue weighted by atomic mass is 10.1. The van der Waals surface area contributed by atoms with Gasteiger partial charge in [-0.2, -0.15) is 0 Å². The van der Waals surface area contributed by atoms with Crippen molar-refractivity contribution in [1.82, 2.24) is 0 Å². The maximum Gasteiger partial charge on any atom is 0.319 e. The molecule has 1 unspecified atom stereocenters. The summed E-state index contributed by atoms with van der Waals surface area (Å²) in [5.74, 6) is -1.75. The Bertz CT molecular complexity index is 502. The van der Waals surface area contributed by atoms with Crippen LogP contribution in [0.4, 0.5) is 0 Å². The van der Waals surface area contributed by atoms with Crippen molar-refractivity contribution in [2.45, 2.75) is 20.0 Å². The summed E-state index contributed by atoms with van der Waals surface area (Å²) >= 11 is 0. The highest BCUT2D eigenvalue weighted by Crippen LogP contribution is 2.24. The molecule has 0 amide bonds. The Morgan fingerprint density at radius 1 is 1.37 bits per heavy atom. The van der Waals surface area contributed by atoms with Crippen LogP contribution in [0.5, 0.6) is 0 Å². The molecule has 0 radical (unpaired) electrons. The molecule has 0 N–H and O–H groups in total. The molecule has 0 saturated heterocycles. The molecule has 0 saturated carbocycles. The normalized spacial score (nSPS) is 18.7. The third-order valence-electron chi connectivity index (χ3n) is 2.30. The minimum atomic E-state index is -1.06. The topological polar surface area (TPSA) is 102 Å². The Morgan fingerprint density at radius 3 is 2.53 bits per heavy atom. The summed E-state index contributed by atoms with van der Waals surface area (Å²) in [4.78, 5) is 43.9. The summed E-state index contributed by atoms with van der Waals surface area (Å²) < 4.78 is 4.97. The number of hydrogen-bond donors (Lipinski definition) is 0. The van der Waals surface area contributed by atoms with Crippen LogP contribution in [-0.2, 0) is 14.3 Å². The molecule has 19 heavy (non-hydrogen) atoms. The van der Waals surface area contributed by atoms with Crippen molar-refractivity contribution in [2.24, 2.45) is 16.3 Å². The summed E-state index contributed by atoms with van der Waals surface area (Å²) in [6.45, 7) is 3.31. The first-order chi connectivity index (χ1) is 9.03. The highest BCUT2D eigenvalue weighted by molar-refractivity contribution is 5.84. The van der Waals surface area contributed by atoms with Crippen LogP contribution >= 0.6 is 0 Å². The minimum absolute atomic E-state index is 0.110. The first kappa shape index (κ1) is 14.6. The molecule has 1 rings (SSSR count). The zero-order chi connectivity index (χ0) is 14.4. The smallest absolute Gasteiger partial charge is 0.319 e. The average molecular weight is 264 g/mol. The molecule has 0 fully saturated rings. The van der Waals surface area contributed by atoms with Gasteiger partial charge in [0.15, 0.2) is 6.29 Å². The number of esters is 1.